The smallest absolute Gasteiger partial charge is 0.358 e. The highest BCUT2D eigenvalue weighted by Crippen LogP contribution is 2.10. The molecular formula is C5H4N4O4. The van der Waals surface area contributed by atoms with Crippen molar-refractivity contribution in [2.75, 3.05) is 5.43 Å². The maximum atomic E-state index is 10.2. The predicted octanol–water partition coefficient (Wildman–Crippen LogP) is 0.593. The summed E-state index contributed by atoms with van der Waals surface area (Å²) in [6.07, 6.45) is 0. The largest absolute Gasteiger partial charge is 0.366 e. The molecule has 68 valence electrons. The number of rotatable bonds is 3. The molecule has 0 saturated heterocycles. The normalized spacial score (nSPS) is 9.23. The summed E-state index contributed by atoms with van der Waals surface area (Å²) in [4.78, 5) is 22.7. The highest BCUT2D eigenvalue weighted by Gasteiger charge is 2.11. The number of hydrogen-bond acceptors (Lipinski definition) is 5. The van der Waals surface area contributed by atoms with Gasteiger partial charge in [-0.05, 0) is 16.0 Å². The van der Waals surface area contributed by atoms with E-state index in [0.717, 1.165) is 6.07 Å². The lowest BCUT2D eigenvalue weighted by Crippen LogP contribution is -2.09. The third-order valence-corrected chi connectivity index (χ3v) is 1.13. The fraction of sp³-hybridized carbons (Fsp3) is 0. The molecule has 1 rings (SSSR count). The molecule has 0 unspecified atom stereocenters. The lowest BCUT2D eigenvalue weighted by Gasteiger charge is -1.92. The minimum atomic E-state index is -0.841. The van der Waals surface area contributed by atoms with Gasteiger partial charge in [0.2, 0.25) is 0 Å². The van der Waals surface area contributed by atoms with Gasteiger partial charge in [-0.3, -0.25) is 0 Å². The minimum absolute atomic E-state index is 0.167. The molecule has 0 aliphatic heterocycles. The van der Waals surface area contributed by atoms with Crippen LogP contribution in [0.25, 0.3) is 0 Å². The third kappa shape index (κ3) is 2.36. The first-order chi connectivity index (χ1) is 6.09. The lowest BCUT2D eigenvalue weighted by molar-refractivity contribution is -0.446. The lowest BCUT2D eigenvalue weighted by atomic mass is 10.4. The van der Waals surface area contributed by atoms with E-state index in [0.29, 0.717) is 0 Å². The summed E-state index contributed by atoms with van der Waals surface area (Å²) in [6, 6.07) is 3.71. The predicted molar refractivity (Wildman–Crippen MR) is 41.5 cm³/mol. The zero-order valence-electron chi connectivity index (χ0n) is 6.21. The van der Waals surface area contributed by atoms with E-state index in [1.165, 1.54) is 12.1 Å². The summed E-state index contributed by atoms with van der Waals surface area (Å²) < 4.78 is 0. The summed E-state index contributed by atoms with van der Waals surface area (Å²) in [5.74, 6) is -0.606. The standard InChI is InChI=1S/C5H4N4O4/c10-8(11)5-3-1-2-4(6-5)7-9(12)13/h1-3H,(H,6,7). The van der Waals surface area contributed by atoms with Crippen LogP contribution in [0.4, 0.5) is 11.6 Å². The topological polar surface area (TPSA) is 111 Å². The van der Waals surface area contributed by atoms with Crippen LogP contribution in [0.3, 0.4) is 0 Å². The van der Waals surface area contributed by atoms with Gasteiger partial charge in [0.25, 0.3) is 5.82 Å². The van der Waals surface area contributed by atoms with Gasteiger partial charge in [-0.25, -0.2) is 10.1 Å². The number of nitrogens with zero attached hydrogens (tertiary/aromatic N) is 3. The maximum absolute atomic E-state index is 10.2. The van der Waals surface area contributed by atoms with Gasteiger partial charge in [-0.15, -0.1) is 0 Å². The Hall–Kier alpha value is -2.25. The molecular weight excluding hydrogens is 180 g/mol. The molecule has 0 fully saturated rings. The molecule has 0 spiro atoms. The molecule has 0 aromatic carbocycles. The van der Waals surface area contributed by atoms with Crippen LogP contribution in [0.2, 0.25) is 0 Å². The molecule has 1 heterocycles. The van der Waals surface area contributed by atoms with Gasteiger partial charge >= 0.3 is 5.82 Å². The van der Waals surface area contributed by atoms with E-state index in [9.17, 15) is 20.2 Å². The first-order valence-electron chi connectivity index (χ1n) is 3.12. The van der Waals surface area contributed by atoms with Gasteiger partial charge in [0.05, 0.1) is 0 Å². The number of nitro groups is 2. The summed E-state index contributed by atoms with van der Waals surface area (Å²) in [5.41, 5.74) is 1.71. The van der Waals surface area contributed by atoms with Crippen LogP contribution in [0.1, 0.15) is 0 Å². The molecule has 0 radical (unpaired) electrons. The van der Waals surface area contributed by atoms with Gasteiger partial charge in [-0.2, -0.15) is 0 Å². The molecule has 1 N–H and O–H groups in total. The Kier molecular flexibility index (Phi) is 2.33. The molecule has 0 aliphatic carbocycles. The number of hydrogen-bond donors (Lipinski definition) is 1. The van der Waals surface area contributed by atoms with Crippen molar-refractivity contribution in [3.05, 3.63) is 38.4 Å². The van der Waals surface area contributed by atoms with Crippen molar-refractivity contribution in [1.82, 2.24) is 4.98 Å². The van der Waals surface area contributed by atoms with Gasteiger partial charge in [-0.1, -0.05) is 5.43 Å². The zero-order valence-corrected chi connectivity index (χ0v) is 6.21. The number of pyridine rings is 1. The Labute approximate surface area is 71.5 Å². The fourth-order valence-corrected chi connectivity index (χ4v) is 0.681. The molecule has 0 bridgehead atoms. The molecule has 8 nitrogen and oxygen atoms in total. The Morgan fingerprint density at radius 3 is 2.54 bits per heavy atom. The van der Waals surface area contributed by atoms with Crippen molar-refractivity contribution >= 4 is 11.6 Å². The highest BCUT2D eigenvalue weighted by molar-refractivity contribution is 5.36. The van der Waals surface area contributed by atoms with Crippen LogP contribution < -0.4 is 5.43 Å². The molecule has 8 heteroatoms. The minimum Gasteiger partial charge on any atom is -0.358 e. The molecule has 0 saturated carbocycles. The van der Waals surface area contributed by atoms with Crippen molar-refractivity contribution in [3.63, 3.8) is 0 Å². The Morgan fingerprint density at radius 2 is 2.00 bits per heavy atom. The maximum Gasteiger partial charge on any atom is 0.366 e. The molecule has 0 amide bonds. The van der Waals surface area contributed by atoms with Crippen molar-refractivity contribution < 1.29 is 9.96 Å². The second-order valence-electron chi connectivity index (χ2n) is 2.01. The van der Waals surface area contributed by atoms with E-state index in [1.54, 1.807) is 5.43 Å². The van der Waals surface area contributed by atoms with Crippen molar-refractivity contribution in [2.24, 2.45) is 0 Å². The zero-order chi connectivity index (χ0) is 9.84. The molecule has 13 heavy (non-hydrogen) atoms. The van der Waals surface area contributed by atoms with Crippen molar-refractivity contribution in [2.45, 2.75) is 0 Å². The van der Waals surface area contributed by atoms with Crippen molar-refractivity contribution in [1.29, 1.82) is 0 Å². The number of anilines is 1. The van der Waals surface area contributed by atoms with Gasteiger partial charge in [0.1, 0.15) is 0 Å². The number of hydrazine groups is 1. The number of aromatic nitrogens is 1. The van der Waals surface area contributed by atoms with Crippen LogP contribution >= 0.6 is 0 Å². The van der Waals surface area contributed by atoms with E-state index in [1.807, 2.05) is 0 Å². The summed E-state index contributed by atoms with van der Waals surface area (Å²) in [6.45, 7) is 0. The Bertz CT molecular complexity index is 352. The average molecular weight is 184 g/mol. The quantitative estimate of drug-likeness (QED) is 0.543. The molecule has 0 atom stereocenters. The monoisotopic (exact) mass is 184 g/mol. The van der Waals surface area contributed by atoms with Gasteiger partial charge in [0, 0.05) is 12.1 Å². The summed E-state index contributed by atoms with van der Waals surface area (Å²) in [5, 5.41) is 19.3. The van der Waals surface area contributed by atoms with E-state index in [-0.39, 0.29) is 5.82 Å². The second kappa shape index (κ2) is 3.43. The van der Waals surface area contributed by atoms with Crippen LogP contribution in [0.5, 0.6) is 0 Å². The SMILES string of the molecule is O=[N+]([O-])Nc1cccc([N+](=O)[O-])n1. The Morgan fingerprint density at radius 1 is 1.31 bits per heavy atom. The van der Waals surface area contributed by atoms with Crippen LogP contribution in [-0.4, -0.2) is 14.9 Å². The second-order valence-corrected chi connectivity index (χ2v) is 2.01. The van der Waals surface area contributed by atoms with E-state index >= 15 is 0 Å². The molecule has 1 aromatic rings. The van der Waals surface area contributed by atoms with Crippen molar-refractivity contribution in [3.8, 4) is 0 Å². The van der Waals surface area contributed by atoms with Gasteiger partial charge < -0.3 is 10.1 Å². The average Bonchev–Trinajstić information content (AvgIpc) is 2.03. The molecule has 1 aromatic heterocycles. The highest BCUT2D eigenvalue weighted by atomic mass is 16.7. The summed E-state index contributed by atoms with van der Waals surface area (Å²) >= 11 is 0. The van der Waals surface area contributed by atoms with Gasteiger partial charge in [0.15, 0.2) is 5.03 Å². The Balaban J connectivity index is 2.91. The summed E-state index contributed by atoms with van der Waals surface area (Å²) in [7, 11) is 0. The van der Waals surface area contributed by atoms with E-state index in [4.69, 9.17) is 0 Å². The van der Waals surface area contributed by atoms with Crippen LogP contribution in [0.15, 0.2) is 18.2 Å². The van der Waals surface area contributed by atoms with E-state index in [2.05, 4.69) is 4.98 Å². The molecule has 0 aliphatic rings. The van der Waals surface area contributed by atoms with Crippen LogP contribution in [-0.2, 0) is 0 Å². The first kappa shape index (κ1) is 8.84. The third-order valence-electron chi connectivity index (χ3n) is 1.13. The number of nitrogens with one attached hydrogen (secondary N) is 1. The van der Waals surface area contributed by atoms with E-state index < -0.39 is 15.8 Å². The fourth-order valence-electron chi connectivity index (χ4n) is 0.681. The first-order valence-corrected chi connectivity index (χ1v) is 3.12. The van der Waals surface area contributed by atoms with Crippen LogP contribution in [0, 0.1) is 20.2 Å².